The Morgan fingerprint density at radius 1 is 0.679 bits per heavy atom. The zero-order chi connectivity index (χ0) is 20.7. The van der Waals surface area contributed by atoms with E-state index in [1.807, 2.05) is 0 Å². The Hall–Kier alpha value is -1.32. The van der Waals surface area contributed by atoms with Gasteiger partial charge in [0.05, 0.1) is 0 Å². The minimum atomic E-state index is -0.742. The van der Waals surface area contributed by atoms with E-state index in [9.17, 15) is 9.59 Å². The molecule has 0 radical (unpaired) electrons. The molecular weight excluding hydrogens is 350 g/mol. The third-order valence-corrected chi connectivity index (χ3v) is 5.06. The summed E-state index contributed by atoms with van der Waals surface area (Å²) in [5, 5.41) is 11.5. The Labute approximate surface area is 173 Å². The van der Waals surface area contributed by atoms with Crippen LogP contribution in [0.4, 0.5) is 0 Å². The molecule has 0 aliphatic rings. The molecule has 0 fully saturated rings. The molecule has 0 aromatic heterocycles. The number of unbranched alkanes of at least 4 members (excludes halogenated alkanes) is 13. The number of hydrogen-bond acceptors (Lipinski definition) is 2. The molecule has 0 rings (SSSR count). The molecule has 0 unspecified atom stereocenters. The molecule has 4 heteroatoms. The van der Waals surface area contributed by atoms with Gasteiger partial charge in [-0.3, -0.25) is 9.59 Å². The fourth-order valence-corrected chi connectivity index (χ4v) is 3.25. The first-order chi connectivity index (χ1) is 13.7. The predicted molar refractivity (Wildman–Crippen MR) is 119 cm³/mol. The molecular formula is C24H45NO3. The molecule has 0 aliphatic carbocycles. The molecule has 4 nitrogen and oxygen atoms in total. The number of amides is 1. The molecule has 0 aromatic rings. The van der Waals surface area contributed by atoms with Crippen molar-refractivity contribution in [2.45, 2.75) is 122 Å². The van der Waals surface area contributed by atoms with Crippen LogP contribution in [0.3, 0.4) is 0 Å². The number of hydrogen-bond donors (Lipinski definition) is 2. The standard InChI is InChI=1S/C24H45NO3/c1-2-3-4-5-6-7-8-9-10-11-12-13-14-15-17-20-23(26)25-22-19-16-18-21-24(27)28/h9-10H,2-8,11-22H2,1H3,(H,25,26)(H,27,28). The highest BCUT2D eigenvalue weighted by atomic mass is 16.4. The molecule has 0 aliphatic heterocycles. The molecule has 1 amide bonds. The third-order valence-electron chi connectivity index (χ3n) is 5.06. The fourth-order valence-electron chi connectivity index (χ4n) is 3.25. The van der Waals surface area contributed by atoms with Crippen molar-refractivity contribution in [3.05, 3.63) is 12.2 Å². The van der Waals surface area contributed by atoms with E-state index in [1.165, 1.54) is 70.6 Å². The van der Waals surface area contributed by atoms with Crippen molar-refractivity contribution >= 4 is 11.9 Å². The highest BCUT2D eigenvalue weighted by Gasteiger charge is 2.01. The minimum Gasteiger partial charge on any atom is -0.481 e. The minimum absolute atomic E-state index is 0.135. The average molecular weight is 396 g/mol. The van der Waals surface area contributed by atoms with Gasteiger partial charge in [0, 0.05) is 19.4 Å². The van der Waals surface area contributed by atoms with Crippen LogP contribution < -0.4 is 5.32 Å². The lowest BCUT2D eigenvalue weighted by Crippen LogP contribution is -2.23. The number of carbonyl (C=O) groups excluding carboxylic acids is 1. The number of carbonyl (C=O) groups is 2. The third kappa shape index (κ3) is 22.7. The van der Waals surface area contributed by atoms with E-state index in [-0.39, 0.29) is 12.3 Å². The second-order valence-electron chi connectivity index (χ2n) is 7.89. The summed E-state index contributed by atoms with van der Waals surface area (Å²) in [6.07, 6.45) is 24.4. The van der Waals surface area contributed by atoms with Crippen molar-refractivity contribution < 1.29 is 14.7 Å². The number of rotatable bonds is 21. The van der Waals surface area contributed by atoms with Crippen molar-refractivity contribution in [3.8, 4) is 0 Å². The van der Waals surface area contributed by atoms with Gasteiger partial charge in [-0.25, -0.2) is 0 Å². The Kier molecular flexibility index (Phi) is 20.9. The highest BCUT2D eigenvalue weighted by molar-refractivity contribution is 5.75. The van der Waals surface area contributed by atoms with Gasteiger partial charge in [-0.05, 0) is 44.9 Å². The van der Waals surface area contributed by atoms with E-state index < -0.39 is 5.97 Å². The SMILES string of the molecule is CCCCCCCCC=CCCCCCCCC(=O)NCCCCCC(=O)O. The summed E-state index contributed by atoms with van der Waals surface area (Å²) < 4.78 is 0. The normalized spacial score (nSPS) is 11.2. The van der Waals surface area contributed by atoms with Crippen molar-refractivity contribution in [2.75, 3.05) is 6.54 Å². The highest BCUT2D eigenvalue weighted by Crippen LogP contribution is 2.10. The van der Waals surface area contributed by atoms with Crippen LogP contribution in [0.5, 0.6) is 0 Å². The van der Waals surface area contributed by atoms with Crippen LogP contribution in [-0.2, 0) is 9.59 Å². The van der Waals surface area contributed by atoms with Gasteiger partial charge in [0.15, 0.2) is 0 Å². The maximum Gasteiger partial charge on any atom is 0.303 e. The van der Waals surface area contributed by atoms with Crippen LogP contribution in [0.2, 0.25) is 0 Å². The molecule has 0 atom stereocenters. The quantitative estimate of drug-likeness (QED) is 0.166. The van der Waals surface area contributed by atoms with E-state index in [0.717, 1.165) is 25.7 Å². The Balaban J connectivity index is 3.22. The second-order valence-corrected chi connectivity index (χ2v) is 7.89. The number of carboxylic acid groups (broad SMARTS) is 1. The van der Waals surface area contributed by atoms with E-state index in [4.69, 9.17) is 5.11 Å². The zero-order valence-electron chi connectivity index (χ0n) is 18.4. The van der Waals surface area contributed by atoms with Crippen molar-refractivity contribution in [1.29, 1.82) is 0 Å². The molecule has 0 heterocycles. The van der Waals surface area contributed by atoms with Gasteiger partial charge in [0.1, 0.15) is 0 Å². The van der Waals surface area contributed by atoms with E-state index in [2.05, 4.69) is 24.4 Å². The smallest absolute Gasteiger partial charge is 0.303 e. The molecule has 164 valence electrons. The van der Waals surface area contributed by atoms with Crippen molar-refractivity contribution in [2.24, 2.45) is 0 Å². The Bertz CT molecular complexity index is 393. The Morgan fingerprint density at radius 3 is 1.79 bits per heavy atom. The fraction of sp³-hybridized carbons (Fsp3) is 0.833. The van der Waals surface area contributed by atoms with Gasteiger partial charge in [0.2, 0.25) is 5.91 Å². The molecule has 0 saturated carbocycles. The van der Waals surface area contributed by atoms with Crippen LogP contribution in [0.25, 0.3) is 0 Å². The summed E-state index contributed by atoms with van der Waals surface area (Å²) in [6, 6.07) is 0. The zero-order valence-corrected chi connectivity index (χ0v) is 18.4. The molecule has 0 aromatic carbocycles. The topological polar surface area (TPSA) is 66.4 Å². The summed E-state index contributed by atoms with van der Waals surface area (Å²) in [6.45, 7) is 2.93. The van der Waals surface area contributed by atoms with Gasteiger partial charge < -0.3 is 10.4 Å². The lowest BCUT2D eigenvalue weighted by atomic mass is 10.1. The van der Waals surface area contributed by atoms with Crippen molar-refractivity contribution in [3.63, 3.8) is 0 Å². The van der Waals surface area contributed by atoms with Crippen LogP contribution in [0, 0.1) is 0 Å². The molecule has 0 saturated heterocycles. The molecule has 0 spiro atoms. The lowest BCUT2D eigenvalue weighted by molar-refractivity contribution is -0.137. The largest absolute Gasteiger partial charge is 0.481 e. The van der Waals surface area contributed by atoms with Crippen LogP contribution in [-0.4, -0.2) is 23.5 Å². The first-order valence-electron chi connectivity index (χ1n) is 11.8. The monoisotopic (exact) mass is 395 g/mol. The number of carboxylic acids is 1. The first-order valence-corrected chi connectivity index (χ1v) is 11.8. The summed E-state index contributed by atoms with van der Waals surface area (Å²) in [5.41, 5.74) is 0. The predicted octanol–water partition coefficient (Wildman–Crippen LogP) is 6.79. The molecule has 0 bridgehead atoms. The first kappa shape index (κ1) is 26.7. The van der Waals surface area contributed by atoms with Gasteiger partial charge in [-0.1, -0.05) is 76.9 Å². The molecule has 2 N–H and O–H groups in total. The lowest BCUT2D eigenvalue weighted by Gasteiger charge is -2.05. The number of allylic oxidation sites excluding steroid dienone is 2. The van der Waals surface area contributed by atoms with Gasteiger partial charge in [0.25, 0.3) is 0 Å². The Morgan fingerprint density at radius 2 is 1.18 bits per heavy atom. The van der Waals surface area contributed by atoms with Gasteiger partial charge >= 0.3 is 5.97 Å². The van der Waals surface area contributed by atoms with E-state index in [1.54, 1.807) is 0 Å². The van der Waals surface area contributed by atoms with Gasteiger partial charge in [-0.15, -0.1) is 0 Å². The van der Waals surface area contributed by atoms with Crippen LogP contribution in [0.1, 0.15) is 122 Å². The van der Waals surface area contributed by atoms with Crippen LogP contribution in [0.15, 0.2) is 12.2 Å². The average Bonchev–Trinajstić information content (AvgIpc) is 2.67. The van der Waals surface area contributed by atoms with Crippen LogP contribution >= 0.6 is 0 Å². The summed E-state index contributed by atoms with van der Waals surface area (Å²) in [5.74, 6) is -0.607. The molecule has 28 heavy (non-hydrogen) atoms. The maximum atomic E-state index is 11.7. The number of nitrogens with one attached hydrogen (secondary N) is 1. The summed E-state index contributed by atoms with van der Waals surface area (Å²) in [4.78, 5) is 22.1. The number of aliphatic carboxylic acids is 1. The van der Waals surface area contributed by atoms with Crippen molar-refractivity contribution in [1.82, 2.24) is 5.32 Å². The van der Waals surface area contributed by atoms with E-state index >= 15 is 0 Å². The van der Waals surface area contributed by atoms with E-state index in [0.29, 0.717) is 19.4 Å². The second kappa shape index (κ2) is 22.0. The summed E-state index contributed by atoms with van der Waals surface area (Å²) >= 11 is 0. The maximum absolute atomic E-state index is 11.7. The summed E-state index contributed by atoms with van der Waals surface area (Å²) in [7, 11) is 0. The van der Waals surface area contributed by atoms with Gasteiger partial charge in [-0.2, -0.15) is 0 Å².